The molecule has 1 saturated heterocycles. The van der Waals surface area contributed by atoms with Gasteiger partial charge in [-0.05, 0) is 31.5 Å². The van der Waals surface area contributed by atoms with Gasteiger partial charge < -0.3 is 14.8 Å². The molecule has 0 radical (unpaired) electrons. The van der Waals surface area contributed by atoms with E-state index in [2.05, 4.69) is 10.3 Å². The standard InChI is InChI=1S/C18H19ClN2O3/c1-11-3-4-16(12(2)7-11)21-17(22)13-8-15(19)18(20-9-13)24-14-5-6-23-10-14/h3-4,7-9,14H,5-6,10H2,1-2H3,(H,21,22). The predicted octanol–water partition coefficient (Wildman–Crippen LogP) is 3.77. The molecule has 0 saturated carbocycles. The summed E-state index contributed by atoms with van der Waals surface area (Å²) in [6, 6.07) is 7.42. The van der Waals surface area contributed by atoms with Crippen LogP contribution < -0.4 is 10.1 Å². The highest BCUT2D eigenvalue weighted by molar-refractivity contribution is 6.32. The molecule has 3 rings (SSSR count). The SMILES string of the molecule is Cc1ccc(NC(=O)c2cnc(OC3CCOC3)c(Cl)c2)c(C)c1. The van der Waals surface area contributed by atoms with Gasteiger partial charge in [0.2, 0.25) is 5.88 Å². The van der Waals surface area contributed by atoms with Gasteiger partial charge in [0.1, 0.15) is 11.1 Å². The Kier molecular flexibility index (Phi) is 5.02. The van der Waals surface area contributed by atoms with Crippen LogP contribution in [0.4, 0.5) is 5.69 Å². The topological polar surface area (TPSA) is 60.5 Å². The van der Waals surface area contributed by atoms with E-state index < -0.39 is 0 Å². The number of carbonyl (C=O) groups is 1. The molecule has 2 heterocycles. The summed E-state index contributed by atoms with van der Waals surface area (Å²) in [6.45, 7) is 5.18. The Hall–Kier alpha value is -2.11. The number of pyridine rings is 1. The Balaban J connectivity index is 1.71. The van der Waals surface area contributed by atoms with E-state index in [1.54, 1.807) is 6.07 Å². The minimum Gasteiger partial charge on any atom is -0.471 e. The number of rotatable bonds is 4. The third kappa shape index (κ3) is 3.86. The second-order valence-electron chi connectivity index (χ2n) is 5.89. The number of amides is 1. The van der Waals surface area contributed by atoms with Crippen LogP contribution in [0.2, 0.25) is 5.02 Å². The Morgan fingerprint density at radius 3 is 2.88 bits per heavy atom. The Morgan fingerprint density at radius 2 is 2.21 bits per heavy atom. The molecule has 1 aliphatic heterocycles. The molecule has 1 fully saturated rings. The van der Waals surface area contributed by atoms with E-state index in [1.165, 1.54) is 6.20 Å². The van der Waals surface area contributed by atoms with E-state index in [1.807, 2.05) is 32.0 Å². The lowest BCUT2D eigenvalue weighted by molar-refractivity contribution is 0.102. The number of benzene rings is 1. The lowest BCUT2D eigenvalue weighted by Gasteiger charge is -2.13. The van der Waals surface area contributed by atoms with Crippen molar-refractivity contribution in [2.45, 2.75) is 26.4 Å². The largest absolute Gasteiger partial charge is 0.471 e. The van der Waals surface area contributed by atoms with Crippen molar-refractivity contribution in [3.05, 3.63) is 52.2 Å². The first kappa shape index (κ1) is 16.7. The molecule has 24 heavy (non-hydrogen) atoms. The van der Waals surface area contributed by atoms with Crippen LogP contribution in [-0.2, 0) is 4.74 Å². The average Bonchev–Trinajstić information content (AvgIpc) is 3.05. The Labute approximate surface area is 145 Å². The van der Waals surface area contributed by atoms with E-state index in [4.69, 9.17) is 21.1 Å². The fourth-order valence-electron chi connectivity index (χ4n) is 2.55. The zero-order chi connectivity index (χ0) is 17.1. The highest BCUT2D eigenvalue weighted by atomic mass is 35.5. The van der Waals surface area contributed by atoms with Crippen molar-refractivity contribution in [1.82, 2.24) is 4.98 Å². The molecule has 0 bridgehead atoms. The number of nitrogens with zero attached hydrogens (tertiary/aromatic N) is 1. The van der Waals surface area contributed by atoms with Crippen molar-refractivity contribution in [1.29, 1.82) is 0 Å². The van der Waals surface area contributed by atoms with Gasteiger partial charge in [0, 0.05) is 18.3 Å². The summed E-state index contributed by atoms with van der Waals surface area (Å²) < 4.78 is 10.9. The first-order valence-electron chi connectivity index (χ1n) is 7.81. The van der Waals surface area contributed by atoms with Gasteiger partial charge in [-0.25, -0.2) is 4.98 Å². The summed E-state index contributed by atoms with van der Waals surface area (Å²) >= 11 is 6.20. The van der Waals surface area contributed by atoms with Crippen LogP contribution in [0.15, 0.2) is 30.5 Å². The third-order valence-corrected chi connectivity index (χ3v) is 4.14. The molecule has 1 unspecified atom stereocenters. The molecule has 6 heteroatoms. The van der Waals surface area contributed by atoms with Crippen LogP contribution in [0.3, 0.4) is 0 Å². The van der Waals surface area contributed by atoms with Gasteiger partial charge in [-0.15, -0.1) is 0 Å². The van der Waals surface area contributed by atoms with E-state index in [0.717, 1.165) is 23.2 Å². The Bertz CT molecular complexity index is 758. The number of hydrogen-bond donors (Lipinski definition) is 1. The van der Waals surface area contributed by atoms with Crippen molar-refractivity contribution in [3.63, 3.8) is 0 Å². The van der Waals surface area contributed by atoms with E-state index in [-0.39, 0.29) is 12.0 Å². The van der Waals surface area contributed by atoms with Crippen LogP contribution in [0.1, 0.15) is 27.9 Å². The number of ether oxygens (including phenoxy) is 2. The molecule has 1 atom stereocenters. The van der Waals surface area contributed by atoms with Crippen LogP contribution in [0, 0.1) is 13.8 Å². The van der Waals surface area contributed by atoms with Gasteiger partial charge in [-0.1, -0.05) is 29.3 Å². The van der Waals surface area contributed by atoms with Gasteiger partial charge in [-0.3, -0.25) is 4.79 Å². The first-order chi connectivity index (χ1) is 11.5. The normalized spacial score (nSPS) is 16.9. The number of aromatic nitrogens is 1. The quantitative estimate of drug-likeness (QED) is 0.915. The van der Waals surface area contributed by atoms with Gasteiger partial charge in [0.05, 0.1) is 18.8 Å². The highest BCUT2D eigenvalue weighted by Gasteiger charge is 2.20. The summed E-state index contributed by atoms with van der Waals surface area (Å²) in [4.78, 5) is 16.6. The molecule has 1 aromatic heterocycles. The van der Waals surface area contributed by atoms with Crippen molar-refractivity contribution in [3.8, 4) is 5.88 Å². The smallest absolute Gasteiger partial charge is 0.257 e. The fraction of sp³-hybridized carbons (Fsp3) is 0.333. The molecule has 5 nitrogen and oxygen atoms in total. The summed E-state index contributed by atoms with van der Waals surface area (Å²) in [5, 5.41) is 3.19. The Morgan fingerprint density at radius 1 is 1.38 bits per heavy atom. The molecule has 1 aromatic carbocycles. The van der Waals surface area contributed by atoms with E-state index in [9.17, 15) is 4.79 Å². The van der Waals surface area contributed by atoms with Gasteiger partial charge in [0.15, 0.2) is 0 Å². The number of hydrogen-bond acceptors (Lipinski definition) is 4. The molecule has 0 spiro atoms. The molecule has 0 aliphatic carbocycles. The lowest BCUT2D eigenvalue weighted by Crippen LogP contribution is -2.17. The summed E-state index contributed by atoms with van der Waals surface area (Å²) in [6.07, 6.45) is 2.24. The van der Waals surface area contributed by atoms with Gasteiger partial charge in [0.25, 0.3) is 5.91 Å². The minimum atomic E-state index is -0.257. The van der Waals surface area contributed by atoms with Gasteiger partial charge in [-0.2, -0.15) is 0 Å². The molecule has 2 aromatic rings. The summed E-state index contributed by atoms with van der Waals surface area (Å²) in [5.74, 6) is 0.0716. The molecule has 1 N–H and O–H groups in total. The fourth-order valence-corrected chi connectivity index (χ4v) is 2.76. The van der Waals surface area contributed by atoms with Crippen LogP contribution in [0.5, 0.6) is 5.88 Å². The van der Waals surface area contributed by atoms with Crippen molar-refractivity contribution in [2.75, 3.05) is 18.5 Å². The second-order valence-corrected chi connectivity index (χ2v) is 6.29. The van der Waals surface area contributed by atoms with E-state index in [0.29, 0.717) is 29.7 Å². The zero-order valence-electron chi connectivity index (χ0n) is 13.6. The summed E-state index contributed by atoms with van der Waals surface area (Å²) in [7, 11) is 0. The lowest BCUT2D eigenvalue weighted by atomic mass is 10.1. The van der Waals surface area contributed by atoms with Crippen molar-refractivity contribution >= 4 is 23.2 Å². The average molecular weight is 347 g/mol. The second kappa shape index (κ2) is 7.20. The maximum atomic E-state index is 12.4. The van der Waals surface area contributed by atoms with Crippen molar-refractivity contribution in [2.24, 2.45) is 0 Å². The van der Waals surface area contributed by atoms with Gasteiger partial charge >= 0.3 is 0 Å². The molecule has 126 valence electrons. The highest BCUT2D eigenvalue weighted by Crippen LogP contribution is 2.26. The zero-order valence-corrected chi connectivity index (χ0v) is 14.4. The number of halogens is 1. The third-order valence-electron chi connectivity index (χ3n) is 3.87. The maximum Gasteiger partial charge on any atom is 0.257 e. The maximum absolute atomic E-state index is 12.4. The molecule has 1 amide bonds. The minimum absolute atomic E-state index is 0.0371. The van der Waals surface area contributed by atoms with Crippen LogP contribution >= 0.6 is 11.6 Å². The molecule has 1 aliphatic rings. The number of anilines is 1. The van der Waals surface area contributed by atoms with Crippen LogP contribution in [-0.4, -0.2) is 30.2 Å². The predicted molar refractivity (Wildman–Crippen MR) is 93.0 cm³/mol. The van der Waals surface area contributed by atoms with Crippen molar-refractivity contribution < 1.29 is 14.3 Å². The molecular formula is C18H19ClN2O3. The monoisotopic (exact) mass is 346 g/mol. The first-order valence-corrected chi connectivity index (χ1v) is 8.19. The number of nitrogens with one attached hydrogen (secondary N) is 1. The van der Waals surface area contributed by atoms with E-state index >= 15 is 0 Å². The van der Waals surface area contributed by atoms with Crippen LogP contribution in [0.25, 0.3) is 0 Å². The summed E-state index contributed by atoms with van der Waals surface area (Å²) in [5.41, 5.74) is 3.30. The number of carbonyl (C=O) groups excluding carboxylic acids is 1. The number of aryl methyl sites for hydroxylation is 2. The molecular weight excluding hydrogens is 328 g/mol.